The van der Waals surface area contributed by atoms with Crippen LogP contribution >= 0.6 is 24.4 Å². The normalized spacial score (nSPS) is 17.8. The fraction of sp³-hybridized carbons (Fsp3) is 0.833. The molecule has 0 amide bonds. The Morgan fingerprint density at radius 1 is 1.83 bits per heavy atom. The fourth-order valence-electron chi connectivity index (χ4n) is 0.439. The molecule has 0 saturated carbocycles. The summed E-state index contributed by atoms with van der Waals surface area (Å²) in [6.07, 6.45) is 0. The number of rotatable bonds is 2. The first kappa shape index (κ1) is 12.1. The summed E-state index contributed by atoms with van der Waals surface area (Å²) in [5.41, 5.74) is 4.94. The number of carbonyl (C=O) groups is 1. The van der Waals surface area contributed by atoms with Gasteiger partial charge in [-0.25, -0.2) is 0 Å². The monoisotopic (exact) mass is 210 g/mol. The number of carboxylic acids is 1. The van der Waals surface area contributed by atoms with Crippen LogP contribution in [0.25, 0.3) is 0 Å². The Morgan fingerprint density at radius 2 is 2.50 bits per heavy atom. The van der Waals surface area contributed by atoms with Gasteiger partial charge in [0, 0.05) is 23.9 Å². The molecule has 72 valence electrons. The van der Waals surface area contributed by atoms with Gasteiger partial charge in [-0.05, 0) is 0 Å². The molecular formula is C6H14N2O2S2. The van der Waals surface area contributed by atoms with Gasteiger partial charge in [-0.1, -0.05) is 0 Å². The van der Waals surface area contributed by atoms with Crippen molar-refractivity contribution in [2.75, 3.05) is 23.9 Å². The van der Waals surface area contributed by atoms with Gasteiger partial charge >= 0.3 is 5.97 Å². The maximum Gasteiger partial charge on any atom is 0.321 e. The van der Waals surface area contributed by atoms with E-state index in [2.05, 4.69) is 17.9 Å². The van der Waals surface area contributed by atoms with Crippen LogP contribution in [0.2, 0.25) is 0 Å². The van der Waals surface area contributed by atoms with Crippen LogP contribution in [0.3, 0.4) is 0 Å². The second kappa shape index (κ2) is 7.72. The van der Waals surface area contributed by atoms with Crippen LogP contribution in [-0.2, 0) is 4.79 Å². The number of carboxylic acid groups (broad SMARTS) is 1. The molecule has 1 rings (SSSR count). The van der Waals surface area contributed by atoms with Crippen molar-refractivity contribution in [3.05, 3.63) is 0 Å². The van der Waals surface area contributed by atoms with Crippen molar-refractivity contribution in [3.63, 3.8) is 0 Å². The van der Waals surface area contributed by atoms with E-state index in [0.717, 1.165) is 0 Å². The third kappa shape index (κ3) is 6.78. The molecule has 0 aromatic heterocycles. The van der Waals surface area contributed by atoms with Gasteiger partial charge in [0.05, 0.1) is 0 Å². The van der Waals surface area contributed by atoms with Crippen molar-refractivity contribution < 1.29 is 9.90 Å². The van der Waals surface area contributed by atoms with Gasteiger partial charge in [-0.3, -0.25) is 4.79 Å². The second-order valence-electron chi connectivity index (χ2n) is 2.18. The van der Waals surface area contributed by atoms with Crippen molar-refractivity contribution in [1.82, 2.24) is 5.32 Å². The molecule has 0 aliphatic carbocycles. The first-order chi connectivity index (χ1) is 5.68. The van der Waals surface area contributed by atoms with E-state index < -0.39 is 12.0 Å². The Labute approximate surface area is 81.7 Å². The summed E-state index contributed by atoms with van der Waals surface area (Å²) in [6, 6.07) is -0.816. The summed E-state index contributed by atoms with van der Waals surface area (Å²) in [5.74, 6) is 1.66. The first-order valence-corrected chi connectivity index (χ1v) is 5.35. The van der Waals surface area contributed by atoms with Gasteiger partial charge in [-0.2, -0.15) is 12.6 Å². The Morgan fingerprint density at radius 3 is 2.58 bits per heavy atom. The van der Waals surface area contributed by atoms with E-state index in [1.807, 2.05) is 11.8 Å². The number of thiol groups is 1. The average Bonchev–Trinajstić information content (AvgIpc) is 2.59. The molecule has 0 aromatic rings. The Bertz CT molecular complexity index is 123. The number of aliphatic carboxylic acids is 1. The zero-order valence-electron chi connectivity index (χ0n) is 6.69. The number of hydrogen-bond donors (Lipinski definition) is 4. The summed E-state index contributed by atoms with van der Waals surface area (Å²) in [6.45, 7) is 1.21. The summed E-state index contributed by atoms with van der Waals surface area (Å²) < 4.78 is 0. The molecule has 1 unspecified atom stereocenters. The molecule has 12 heavy (non-hydrogen) atoms. The molecule has 0 spiro atoms. The van der Waals surface area contributed by atoms with E-state index in [4.69, 9.17) is 10.8 Å². The Balaban J connectivity index is 0.000000211. The fourth-order valence-corrected chi connectivity index (χ4v) is 1.32. The van der Waals surface area contributed by atoms with Crippen LogP contribution < -0.4 is 11.1 Å². The summed E-state index contributed by atoms with van der Waals surface area (Å²) >= 11 is 5.61. The van der Waals surface area contributed by atoms with Crippen molar-refractivity contribution in [2.24, 2.45) is 5.73 Å². The molecule has 1 atom stereocenters. The lowest BCUT2D eigenvalue weighted by Gasteiger charge is -1.96. The molecule has 1 heterocycles. The highest BCUT2D eigenvalue weighted by atomic mass is 32.2. The van der Waals surface area contributed by atoms with E-state index in [1.165, 1.54) is 18.2 Å². The quantitative estimate of drug-likeness (QED) is 0.467. The van der Waals surface area contributed by atoms with Crippen LogP contribution in [0.4, 0.5) is 0 Å². The van der Waals surface area contributed by atoms with Gasteiger partial charge in [0.2, 0.25) is 0 Å². The number of nitrogens with one attached hydrogen (secondary N) is 1. The Hall–Kier alpha value is 0.0900. The number of hydrogen-bond acceptors (Lipinski definition) is 5. The molecular weight excluding hydrogens is 196 g/mol. The molecule has 0 bridgehead atoms. The molecule has 4 N–H and O–H groups in total. The lowest BCUT2D eigenvalue weighted by molar-refractivity contribution is -0.137. The maximum atomic E-state index is 9.76. The van der Waals surface area contributed by atoms with E-state index in [9.17, 15) is 4.79 Å². The predicted octanol–water partition coefficient (Wildman–Crippen LogP) is -0.392. The minimum atomic E-state index is -1.00. The van der Waals surface area contributed by atoms with Crippen LogP contribution in [0.15, 0.2) is 0 Å². The van der Waals surface area contributed by atoms with Gasteiger partial charge in [0.25, 0.3) is 0 Å². The van der Waals surface area contributed by atoms with Gasteiger partial charge < -0.3 is 16.2 Å². The van der Waals surface area contributed by atoms with Gasteiger partial charge in [0.15, 0.2) is 0 Å². The van der Waals surface area contributed by atoms with Crippen LogP contribution in [-0.4, -0.2) is 41.0 Å². The zero-order chi connectivity index (χ0) is 9.40. The van der Waals surface area contributed by atoms with Gasteiger partial charge in [-0.15, -0.1) is 11.8 Å². The highest BCUT2D eigenvalue weighted by molar-refractivity contribution is 7.99. The number of nitrogens with two attached hydrogens (primary N) is 1. The zero-order valence-corrected chi connectivity index (χ0v) is 8.40. The molecule has 1 aliphatic rings. The van der Waals surface area contributed by atoms with Crippen molar-refractivity contribution >= 4 is 30.4 Å². The molecule has 0 radical (unpaired) electrons. The predicted molar refractivity (Wildman–Crippen MR) is 54.8 cm³/mol. The van der Waals surface area contributed by atoms with Crippen molar-refractivity contribution in [1.29, 1.82) is 0 Å². The molecule has 1 fully saturated rings. The number of thioether (sulfide) groups is 1. The summed E-state index contributed by atoms with van der Waals surface area (Å²) in [5, 5.41) is 11.2. The third-order valence-electron chi connectivity index (χ3n) is 1.14. The Kier molecular flexibility index (Phi) is 7.78. The van der Waals surface area contributed by atoms with E-state index in [-0.39, 0.29) is 5.75 Å². The van der Waals surface area contributed by atoms with Crippen LogP contribution in [0, 0.1) is 0 Å². The maximum absolute atomic E-state index is 9.76. The SMILES string of the molecule is C1CSCN1.NC(CS)C(=O)O. The third-order valence-corrected chi connectivity index (χ3v) is 2.44. The minimum Gasteiger partial charge on any atom is -0.480 e. The largest absolute Gasteiger partial charge is 0.480 e. The highest BCUT2D eigenvalue weighted by Gasteiger charge is 2.06. The second-order valence-corrected chi connectivity index (χ2v) is 3.65. The summed E-state index contributed by atoms with van der Waals surface area (Å²) in [7, 11) is 0. The van der Waals surface area contributed by atoms with Crippen LogP contribution in [0.5, 0.6) is 0 Å². The van der Waals surface area contributed by atoms with E-state index >= 15 is 0 Å². The highest BCUT2D eigenvalue weighted by Crippen LogP contribution is 1.99. The lowest BCUT2D eigenvalue weighted by atomic mass is 10.4. The molecule has 0 aromatic carbocycles. The van der Waals surface area contributed by atoms with Crippen molar-refractivity contribution in [2.45, 2.75) is 6.04 Å². The lowest BCUT2D eigenvalue weighted by Crippen LogP contribution is -2.31. The summed E-state index contributed by atoms with van der Waals surface area (Å²) in [4.78, 5) is 9.76. The van der Waals surface area contributed by atoms with E-state index in [1.54, 1.807) is 0 Å². The molecule has 6 heteroatoms. The average molecular weight is 210 g/mol. The molecule has 1 saturated heterocycles. The first-order valence-electron chi connectivity index (χ1n) is 3.56. The standard InChI is InChI=1S/C3H7NO2S.C3H7NS/c4-2(1-7)3(5)6;1-2-5-3-4-1/h2,7H,1,4H2,(H,5,6);4H,1-3H2. The molecule has 1 aliphatic heterocycles. The van der Waals surface area contributed by atoms with Crippen LogP contribution in [0.1, 0.15) is 0 Å². The van der Waals surface area contributed by atoms with Gasteiger partial charge in [0.1, 0.15) is 6.04 Å². The topological polar surface area (TPSA) is 75.3 Å². The smallest absolute Gasteiger partial charge is 0.321 e. The minimum absolute atomic E-state index is 0.190. The van der Waals surface area contributed by atoms with E-state index in [0.29, 0.717) is 0 Å². The van der Waals surface area contributed by atoms with Crippen molar-refractivity contribution in [3.8, 4) is 0 Å². The molecule has 4 nitrogen and oxygen atoms in total.